The van der Waals surface area contributed by atoms with Crippen LogP contribution in [0.25, 0.3) is 0 Å². The molecule has 28 heavy (non-hydrogen) atoms. The van der Waals surface area contributed by atoms with Crippen molar-refractivity contribution in [1.82, 2.24) is 14.5 Å². The first-order valence-corrected chi connectivity index (χ1v) is 8.25. The van der Waals surface area contributed by atoms with Crippen molar-refractivity contribution in [2.45, 2.75) is 6.61 Å². The SMILES string of the molecule is COc1ccc(COc2ccc(O)c(NC(=O)c3cn(C)c(=O)cn3)c2)nc1. The fourth-order valence-electron chi connectivity index (χ4n) is 2.28. The van der Waals surface area contributed by atoms with Crippen molar-refractivity contribution in [2.75, 3.05) is 12.4 Å². The van der Waals surface area contributed by atoms with E-state index in [0.29, 0.717) is 17.2 Å². The van der Waals surface area contributed by atoms with Gasteiger partial charge in [0.15, 0.2) is 0 Å². The molecule has 0 aliphatic carbocycles. The van der Waals surface area contributed by atoms with Gasteiger partial charge in [-0.2, -0.15) is 0 Å². The summed E-state index contributed by atoms with van der Waals surface area (Å²) in [5.74, 6) is 0.373. The lowest BCUT2D eigenvalue weighted by Gasteiger charge is -2.11. The third-order valence-electron chi connectivity index (χ3n) is 3.85. The molecule has 1 amide bonds. The van der Waals surface area contributed by atoms with Crippen LogP contribution in [0, 0.1) is 0 Å². The van der Waals surface area contributed by atoms with Gasteiger partial charge in [0.2, 0.25) is 0 Å². The van der Waals surface area contributed by atoms with E-state index >= 15 is 0 Å². The molecule has 0 spiro atoms. The lowest BCUT2D eigenvalue weighted by molar-refractivity contribution is 0.102. The number of anilines is 1. The second-order valence-corrected chi connectivity index (χ2v) is 5.83. The van der Waals surface area contributed by atoms with E-state index in [0.717, 1.165) is 6.20 Å². The third-order valence-corrected chi connectivity index (χ3v) is 3.85. The van der Waals surface area contributed by atoms with Crippen molar-refractivity contribution in [3.8, 4) is 17.2 Å². The molecule has 1 aromatic carbocycles. The highest BCUT2D eigenvalue weighted by Crippen LogP contribution is 2.28. The van der Waals surface area contributed by atoms with Crippen molar-refractivity contribution in [2.24, 2.45) is 7.05 Å². The quantitative estimate of drug-likeness (QED) is 0.624. The summed E-state index contributed by atoms with van der Waals surface area (Å²) in [4.78, 5) is 31.7. The van der Waals surface area contributed by atoms with E-state index in [-0.39, 0.29) is 29.3 Å². The van der Waals surface area contributed by atoms with Crippen LogP contribution in [0.15, 0.2) is 53.7 Å². The first kappa shape index (κ1) is 18.9. The lowest BCUT2D eigenvalue weighted by atomic mass is 10.2. The molecule has 2 aromatic heterocycles. The van der Waals surface area contributed by atoms with E-state index in [4.69, 9.17) is 9.47 Å². The Hall–Kier alpha value is -3.88. The van der Waals surface area contributed by atoms with Gasteiger partial charge >= 0.3 is 0 Å². The number of hydrogen-bond acceptors (Lipinski definition) is 7. The highest BCUT2D eigenvalue weighted by Gasteiger charge is 2.12. The predicted octanol–water partition coefficient (Wildman–Crippen LogP) is 1.72. The molecule has 9 nitrogen and oxygen atoms in total. The molecule has 0 radical (unpaired) electrons. The molecule has 3 aromatic rings. The molecule has 0 atom stereocenters. The summed E-state index contributed by atoms with van der Waals surface area (Å²) < 4.78 is 11.9. The molecule has 2 N–H and O–H groups in total. The Morgan fingerprint density at radius 1 is 1.18 bits per heavy atom. The zero-order chi connectivity index (χ0) is 20.1. The number of ether oxygens (including phenoxy) is 2. The van der Waals surface area contributed by atoms with E-state index < -0.39 is 5.91 Å². The fraction of sp³-hybridized carbons (Fsp3) is 0.158. The summed E-state index contributed by atoms with van der Waals surface area (Å²) in [5.41, 5.74) is 0.548. The van der Waals surface area contributed by atoms with Gasteiger partial charge in [-0.25, -0.2) is 4.98 Å². The minimum atomic E-state index is -0.570. The number of carbonyl (C=O) groups excluding carboxylic acids is 1. The summed E-state index contributed by atoms with van der Waals surface area (Å²) >= 11 is 0. The van der Waals surface area contributed by atoms with E-state index in [1.807, 2.05) is 0 Å². The van der Waals surface area contributed by atoms with E-state index in [9.17, 15) is 14.7 Å². The Morgan fingerprint density at radius 3 is 2.64 bits per heavy atom. The molecule has 2 heterocycles. The number of amides is 1. The summed E-state index contributed by atoms with van der Waals surface area (Å²) in [5, 5.41) is 12.5. The number of aromatic hydroxyl groups is 1. The van der Waals surface area contributed by atoms with Crippen molar-refractivity contribution >= 4 is 11.6 Å². The van der Waals surface area contributed by atoms with Crippen molar-refractivity contribution in [1.29, 1.82) is 0 Å². The number of carbonyl (C=O) groups is 1. The molecule has 0 unspecified atom stereocenters. The van der Waals surface area contributed by atoms with E-state index in [1.165, 1.54) is 29.9 Å². The number of aromatic nitrogens is 3. The number of hydrogen-bond donors (Lipinski definition) is 2. The van der Waals surface area contributed by atoms with Crippen LogP contribution < -0.4 is 20.3 Å². The van der Waals surface area contributed by atoms with Crippen LogP contribution >= 0.6 is 0 Å². The van der Waals surface area contributed by atoms with E-state index in [2.05, 4.69) is 15.3 Å². The Morgan fingerprint density at radius 2 is 1.96 bits per heavy atom. The predicted molar refractivity (Wildman–Crippen MR) is 101 cm³/mol. The van der Waals surface area contributed by atoms with Crippen molar-refractivity contribution in [3.05, 3.63) is 70.7 Å². The number of phenols is 1. The molecule has 144 valence electrons. The van der Waals surface area contributed by atoms with Crippen LogP contribution in [0.1, 0.15) is 16.2 Å². The molecule has 0 aliphatic rings. The highest BCUT2D eigenvalue weighted by molar-refractivity contribution is 6.03. The number of benzene rings is 1. The van der Waals surface area contributed by atoms with Gasteiger partial charge in [0.25, 0.3) is 11.5 Å². The molecule has 0 bridgehead atoms. The van der Waals surface area contributed by atoms with Crippen molar-refractivity contribution in [3.63, 3.8) is 0 Å². The average molecular weight is 382 g/mol. The maximum atomic E-state index is 12.3. The van der Waals surface area contributed by atoms with Gasteiger partial charge in [0, 0.05) is 19.3 Å². The lowest BCUT2D eigenvalue weighted by Crippen LogP contribution is -2.21. The zero-order valence-corrected chi connectivity index (χ0v) is 15.2. The Kier molecular flexibility index (Phi) is 5.54. The topological polar surface area (TPSA) is 116 Å². The minimum absolute atomic E-state index is 0.0373. The standard InChI is InChI=1S/C19H18N4O5/c1-23-10-16(21-9-18(23)25)19(26)22-15-7-13(5-6-17(15)24)28-11-12-3-4-14(27-2)8-20-12/h3-10,24H,11H2,1-2H3,(H,22,26). The number of aryl methyl sites for hydroxylation is 1. The van der Waals surface area contributed by atoms with Crippen LogP contribution in [0.5, 0.6) is 17.2 Å². The second kappa shape index (κ2) is 8.21. The van der Waals surface area contributed by atoms with Crippen LogP contribution in [0.2, 0.25) is 0 Å². The van der Waals surface area contributed by atoms with Gasteiger partial charge in [0.1, 0.15) is 29.5 Å². The molecule has 0 fully saturated rings. The summed E-state index contributed by atoms with van der Waals surface area (Å²) in [6, 6.07) is 8.00. The van der Waals surface area contributed by atoms with E-state index in [1.54, 1.807) is 31.5 Å². The molecule has 0 saturated heterocycles. The first-order chi connectivity index (χ1) is 13.5. The monoisotopic (exact) mass is 382 g/mol. The third kappa shape index (κ3) is 4.44. The number of nitrogens with one attached hydrogen (secondary N) is 1. The molecular weight excluding hydrogens is 364 g/mol. The average Bonchev–Trinajstić information content (AvgIpc) is 2.71. The maximum absolute atomic E-state index is 12.3. The minimum Gasteiger partial charge on any atom is -0.506 e. The van der Waals surface area contributed by atoms with Gasteiger partial charge in [-0.1, -0.05) is 0 Å². The van der Waals surface area contributed by atoms with Crippen LogP contribution in [0.3, 0.4) is 0 Å². The van der Waals surface area contributed by atoms with Gasteiger partial charge in [-0.3, -0.25) is 14.6 Å². The highest BCUT2D eigenvalue weighted by atomic mass is 16.5. The molecule has 0 aliphatic heterocycles. The maximum Gasteiger partial charge on any atom is 0.275 e. The number of nitrogens with zero attached hydrogens (tertiary/aromatic N) is 3. The fourth-order valence-corrected chi connectivity index (χ4v) is 2.28. The molecular formula is C19H18N4O5. The summed E-state index contributed by atoms with van der Waals surface area (Å²) in [6.07, 6.45) is 3.95. The van der Waals surface area contributed by atoms with Crippen LogP contribution in [-0.2, 0) is 13.7 Å². The first-order valence-electron chi connectivity index (χ1n) is 8.25. The second-order valence-electron chi connectivity index (χ2n) is 5.83. The van der Waals surface area contributed by atoms with Crippen LogP contribution in [-0.4, -0.2) is 32.7 Å². The Labute approximate surface area is 160 Å². The summed E-state index contributed by atoms with van der Waals surface area (Å²) in [7, 11) is 3.07. The van der Waals surface area contributed by atoms with Gasteiger partial charge in [0.05, 0.1) is 30.9 Å². The number of methoxy groups -OCH3 is 1. The molecule has 0 saturated carbocycles. The number of pyridine rings is 1. The summed E-state index contributed by atoms with van der Waals surface area (Å²) in [6.45, 7) is 0.199. The smallest absolute Gasteiger partial charge is 0.275 e. The normalized spacial score (nSPS) is 10.4. The number of phenolic OH excluding ortho intramolecular Hbond substituents is 1. The Bertz CT molecular complexity index is 1050. The van der Waals surface area contributed by atoms with Gasteiger partial charge < -0.3 is 24.5 Å². The Balaban J connectivity index is 1.70. The number of rotatable bonds is 6. The molecule has 3 rings (SSSR count). The van der Waals surface area contributed by atoms with Gasteiger partial charge in [-0.05, 0) is 24.3 Å². The zero-order valence-electron chi connectivity index (χ0n) is 15.2. The van der Waals surface area contributed by atoms with Crippen LogP contribution in [0.4, 0.5) is 5.69 Å². The van der Waals surface area contributed by atoms with Gasteiger partial charge in [-0.15, -0.1) is 0 Å². The largest absolute Gasteiger partial charge is 0.506 e. The van der Waals surface area contributed by atoms with Crippen molar-refractivity contribution < 1.29 is 19.4 Å². The molecule has 9 heteroatoms.